The fraction of sp³-hybridized carbons (Fsp3) is 0.500. The highest BCUT2D eigenvalue weighted by molar-refractivity contribution is 5.65. The van der Waals surface area contributed by atoms with Crippen LogP contribution in [0.1, 0.15) is 19.4 Å². The molecular formula is C14H20N2O2. The largest absolute Gasteiger partial charge is 0.465 e. The predicted molar refractivity (Wildman–Crippen MR) is 70.5 cm³/mol. The molecule has 0 bridgehead atoms. The molecule has 0 spiro atoms. The highest BCUT2D eigenvalue weighted by atomic mass is 16.4. The summed E-state index contributed by atoms with van der Waals surface area (Å²) in [6, 6.07) is 10.8. The van der Waals surface area contributed by atoms with E-state index >= 15 is 0 Å². The van der Waals surface area contributed by atoms with Crippen LogP contribution in [0.25, 0.3) is 0 Å². The first kappa shape index (κ1) is 12.9. The zero-order chi connectivity index (χ0) is 13.1. The Bertz CT molecular complexity index is 396. The lowest BCUT2D eigenvalue weighted by atomic mass is 10.1. The van der Waals surface area contributed by atoms with Gasteiger partial charge in [0.05, 0.1) is 0 Å². The minimum absolute atomic E-state index is 0.255. The van der Waals surface area contributed by atoms with Gasteiger partial charge >= 0.3 is 6.09 Å². The van der Waals surface area contributed by atoms with Gasteiger partial charge in [-0.3, -0.25) is 4.90 Å². The number of hydrogen-bond donors (Lipinski definition) is 1. The Morgan fingerprint density at radius 1 is 1.22 bits per heavy atom. The van der Waals surface area contributed by atoms with E-state index in [0.29, 0.717) is 13.1 Å². The van der Waals surface area contributed by atoms with Crippen molar-refractivity contribution in [3.63, 3.8) is 0 Å². The second-order valence-electron chi connectivity index (χ2n) is 5.04. The molecule has 1 fully saturated rings. The number of hydrogen-bond acceptors (Lipinski definition) is 2. The summed E-state index contributed by atoms with van der Waals surface area (Å²) in [6.45, 7) is 6.25. The van der Waals surface area contributed by atoms with Crippen LogP contribution in [0, 0.1) is 0 Å². The molecule has 98 valence electrons. The van der Waals surface area contributed by atoms with E-state index < -0.39 is 6.09 Å². The summed E-state index contributed by atoms with van der Waals surface area (Å²) in [5.41, 5.74) is 1.28. The number of rotatable bonds is 2. The van der Waals surface area contributed by atoms with Crippen LogP contribution >= 0.6 is 0 Å². The lowest BCUT2D eigenvalue weighted by Gasteiger charge is -2.43. The van der Waals surface area contributed by atoms with Gasteiger partial charge in [-0.15, -0.1) is 0 Å². The van der Waals surface area contributed by atoms with Crippen molar-refractivity contribution in [3.8, 4) is 0 Å². The van der Waals surface area contributed by atoms with Crippen molar-refractivity contribution in [2.75, 3.05) is 13.1 Å². The number of benzene rings is 1. The van der Waals surface area contributed by atoms with E-state index in [9.17, 15) is 4.79 Å². The van der Waals surface area contributed by atoms with Gasteiger partial charge in [-0.25, -0.2) is 4.79 Å². The molecule has 2 atom stereocenters. The lowest BCUT2D eigenvalue weighted by molar-refractivity contribution is 0.0350. The van der Waals surface area contributed by atoms with E-state index in [1.54, 1.807) is 0 Å². The summed E-state index contributed by atoms with van der Waals surface area (Å²) >= 11 is 0. The van der Waals surface area contributed by atoms with Crippen molar-refractivity contribution >= 4 is 6.09 Å². The van der Waals surface area contributed by atoms with Crippen LogP contribution in [-0.4, -0.2) is 46.2 Å². The Labute approximate surface area is 108 Å². The zero-order valence-electron chi connectivity index (χ0n) is 10.9. The van der Waals surface area contributed by atoms with Crippen LogP contribution < -0.4 is 0 Å². The average molecular weight is 248 g/mol. The minimum atomic E-state index is -0.812. The first-order valence-corrected chi connectivity index (χ1v) is 6.35. The van der Waals surface area contributed by atoms with Crippen molar-refractivity contribution < 1.29 is 9.90 Å². The molecule has 1 aliphatic heterocycles. The van der Waals surface area contributed by atoms with Crippen LogP contribution in [0.4, 0.5) is 4.79 Å². The zero-order valence-corrected chi connectivity index (χ0v) is 10.9. The fourth-order valence-corrected chi connectivity index (χ4v) is 2.62. The van der Waals surface area contributed by atoms with Crippen LogP contribution in [0.15, 0.2) is 30.3 Å². The van der Waals surface area contributed by atoms with Gasteiger partial charge in [0.15, 0.2) is 0 Å². The van der Waals surface area contributed by atoms with Crippen molar-refractivity contribution in [1.29, 1.82) is 0 Å². The second-order valence-corrected chi connectivity index (χ2v) is 5.04. The molecule has 1 aromatic rings. The normalized spacial score (nSPS) is 25.1. The highest BCUT2D eigenvalue weighted by Gasteiger charge is 2.31. The van der Waals surface area contributed by atoms with Crippen molar-refractivity contribution in [3.05, 3.63) is 35.9 Å². The molecule has 4 nitrogen and oxygen atoms in total. The minimum Gasteiger partial charge on any atom is -0.465 e. The Kier molecular flexibility index (Phi) is 3.87. The number of carbonyl (C=O) groups is 1. The van der Waals surface area contributed by atoms with Crippen molar-refractivity contribution in [2.24, 2.45) is 0 Å². The Morgan fingerprint density at radius 3 is 2.28 bits per heavy atom. The maximum absolute atomic E-state index is 11.0. The molecule has 1 amide bonds. The van der Waals surface area contributed by atoms with Gasteiger partial charge in [-0.2, -0.15) is 0 Å². The van der Waals surface area contributed by atoms with E-state index in [-0.39, 0.29) is 12.1 Å². The van der Waals surface area contributed by atoms with Gasteiger partial charge in [0.2, 0.25) is 0 Å². The molecule has 18 heavy (non-hydrogen) atoms. The molecule has 0 unspecified atom stereocenters. The monoisotopic (exact) mass is 248 g/mol. The number of carboxylic acid groups (broad SMARTS) is 1. The number of amides is 1. The third-order valence-corrected chi connectivity index (χ3v) is 3.58. The molecular weight excluding hydrogens is 228 g/mol. The molecule has 1 aromatic carbocycles. The number of nitrogens with zero attached hydrogens (tertiary/aromatic N) is 2. The van der Waals surface area contributed by atoms with Crippen LogP contribution in [-0.2, 0) is 6.54 Å². The number of piperazine rings is 1. The van der Waals surface area contributed by atoms with E-state index in [4.69, 9.17) is 5.11 Å². The van der Waals surface area contributed by atoms with Crippen LogP contribution in [0.2, 0.25) is 0 Å². The summed E-state index contributed by atoms with van der Waals surface area (Å²) in [5, 5.41) is 9.06. The molecule has 0 saturated carbocycles. The molecule has 0 radical (unpaired) electrons. The smallest absolute Gasteiger partial charge is 0.407 e. The maximum atomic E-state index is 11.0. The Morgan fingerprint density at radius 2 is 1.78 bits per heavy atom. The summed E-state index contributed by atoms with van der Waals surface area (Å²) < 4.78 is 0. The van der Waals surface area contributed by atoms with Gasteiger partial charge in [0, 0.05) is 31.7 Å². The van der Waals surface area contributed by atoms with E-state index in [1.807, 2.05) is 18.2 Å². The molecule has 0 aromatic heterocycles. The van der Waals surface area contributed by atoms with Crippen LogP contribution in [0.5, 0.6) is 0 Å². The standard InChI is InChI=1S/C14H20N2O2/c1-11-8-15(14(17)18)9-12(2)16(11)10-13-6-4-3-5-7-13/h3-7,11-12H,8-10H2,1-2H3,(H,17,18)/t11-,12+. The molecule has 1 saturated heterocycles. The Hall–Kier alpha value is -1.55. The lowest BCUT2D eigenvalue weighted by Crippen LogP contribution is -2.57. The van der Waals surface area contributed by atoms with Gasteiger partial charge in [-0.1, -0.05) is 30.3 Å². The molecule has 4 heteroatoms. The maximum Gasteiger partial charge on any atom is 0.407 e. The highest BCUT2D eigenvalue weighted by Crippen LogP contribution is 2.18. The average Bonchev–Trinajstić information content (AvgIpc) is 2.34. The molecule has 1 N–H and O–H groups in total. The molecule has 1 aliphatic rings. The van der Waals surface area contributed by atoms with Crippen molar-refractivity contribution in [2.45, 2.75) is 32.5 Å². The van der Waals surface area contributed by atoms with Gasteiger partial charge in [0.25, 0.3) is 0 Å². The quantitative estimate of drug-likeness (QED) is 0.873. The van der Waals surface area contributed by atoms with Crippen molar-refractivity contribution in [1.82, 2.24) is 9.80 Å². The fourth-order valence-electron chi connectivity index (χ4n) is 2.62. The Balaban J connectivity index is 2.04. The third kappa shape index (κ3) is 2.82. The van der Waals surface area contributed by atoms with Gasteiger partial charge in [0.1, 0.15) is 0 Å². The predicted octanol–water partition coefficient (Wildman–Crippen LogP) is 2.26. The second kappa shape index (κ2) is 5.40. The first-order valence-electron chi connectivity index (χ1n) is 6.35. The van der Waals surface area contributed by atoms with E-state index in [0.717, 1.165) is 6.54 Å². The molecule has 1 heterocycles. The SMILES string of the molecule is C[C@@H]1CN(C(=O)O)C[C@H](C)N1Cc1ccccc1. The van der Waals surface area contributed by atoms with E-state index in [1.165, 1.54) is 10.5 Å². The van der Waals surface area contributed by atoms with Gasteiger partial charge in [-0.05, 0) is 19.4 Å². The van der Waals surface area contributed by atoms with Gasteiger partial charge < -0.3 is 10.0 Å². The molecule has 2 rings (SSSR count). The summed E-state index contributed by atoms with van der Waals surface area (Å²) in [6.07, 6.45) is -0.812. The van der Waals surface area contributed by atoms with Crippen LogP contribution in [0.3, 0.4) is 0 Å². The summed E-state index contributed by atoms with van der Waals surface area (Å²) in [4.78, 5) is 14.9. The topological polar surface area (TPSA) is 43.8 Å². The summed E-state index contributed by atoms with van der Waals surface area (Å²) in [7, 11) is 0. The third-order valence-electron chi connectivity index (χ3n) is 3.58. The first-order chi connectivity index (χ1) is 8.58. The molecule has 0 aliphatic carbocycles. The van der Waals surface area contributed by atoms with E-state index in [2.05, 4.69) is 30.9 Å². The summed E-state index contributed by atoms with van der Waals surface area (Å²) in [5.74, 6) is 0.